The lowest BCUT2D eigenvalue weighted by Gasteiger charge is -2.32. The highest BCUT2D eigenvalue weighted by atomic mass is 35.5. The summed E-state index contributed by atoms with van der Waals surface area (Å²) in [6, 6.07) is 6.75. The van der Waals surface area contributed by atoms with Crippen molar-refractivity contribution >= 4 is 29.3 Å². The van der Waals surface area contributed by atoms with E-state index in [0.29, 0.717) is 16.2 Å². The molecule has 1 amide bonds. The Morgan fingerprint density at radius 2 is 1.93 bits per heavy atom. The van der Waals surface area contributed by atoms with Crippen molar-refractivity contribution in [3.63, 3.8) is 0 Å². The lowest BCUT2D eigenvalue weighted by atomic mass is 9.68. The Hall–Kier alpha value is -3.11. The number of halogens is 1. The first-order valence-electron chi connectivity index (χ1n) is 8.50. The van der Waals surface area contributed by atoms with Gasteiger partial charge >= 0.3 is 5.97 Å². The number of hydrogen-bond acceptors (Lipinski definition) is 6. The van der Waals surface area contributed by atoms with Crippen LogP contribution in [0.25, 0.3) is 0 Å². The number of amides is 1. The molecule has 0 spiro atoms. The number of ketones is 1. The van der Waals surface area contributed by atoms with Gasteiger partial charge in [-0.1, -0.05) is 35.9 Å². The van der Waals surface area contributed by atoms with Gasteiger partial charge in [-0.15, -0.1) is 0 Å². The van der Waals surface area contributed by atoms with Crippen molar-refractivity contribution < 1.29 is 19.1 Å². The second-order valence-electron chi connectivity index (χ2n) is 6.74. The molecule has 1 fully saturated rings. The van der Waals surface area contributed by atoms with Crippen molar-refractivity contribution in [1.82, 2.24) is 4.90 Å². The molecule has 2 heterocycles. The quantitative estimate of drug-likeness (QED) is 0.770. The Morgan fingerprint density at radius 3 is 2.43 bits per heavy atom. The molecule has 2 N–H and O–H groups in total. The summed E-state index contributed by atoms with van der Waals surface area (Å²) >= 11 is 5.97. The summed E-state index contributed by atoms with van der Waals surface area (Å²) in [4.78, 5) is 38.7. The van der Waals surface area contributed by atoms with Gasteiger partial charge in [0.2, 0.25) is 5.91 Å². The van der Waals surface area contributed by atoms with Gasteiger partial charge in [-0.25, -0.2) is 0 Å². The highest BCUT2D eigenvalue weighted by Gasteiger charge is 2.66. The molecule has 0 aliphatic carbocycles. The Bertz CT molecular complexity index is 947. The number of primary amides is 1. The number of carbonyl (C=O) groups is 3. The summed E-state index contributed by atoms with van der Waals surface area (Å²) in [5.41, 5.74) is 4.84. The highest BCUT2D eigenvalue weighted by Crippen LogP contribution is 2.53. The normalized spacial score (nSPS) is 28.1. The van der Waals surface area contributed by atoms with Crippen LogP contribution in [-0.4, -0.2) is 41.8 Å². The molecule has 8 heteroatoms. The fourth-order valence-electron chi connectivity index (χ4n) is 4.06. The molecule has 1 saturated heterocycles. The first-order valence-corrected chi connectivity index (χ1v) is 8.88. The third-order valence-electron chi connectivity index (χ3n) is 5.30. The summed E-state index contributed by atoms with van der Waals surface area (Å²) in [7, 11) is 1.19. The van der Waals surface area contributed by atoms with Crippen molar-refractivity contribution in [2.24, 2.45) is 11.1 Å². The first kappa shape index (κ1) is 19.6. The highest BCUT2D eigenvalue weighted by molar-refractivity contribution is 6.30. The van der Waals surface area contributed by atoms with Crippen LogP contribution in [0, 0.1) is 16.7 Å². The van der Waals surface area contributed by atoms with Crippen molar-refractivity contribution in [1.29, 1.82) is 5.26 Å². The van der Waals surface area contributed by atoms with Gasteiger partial charge < -0.3 is 15.4 Å². The lowest BCUT2D eigenvalue weighted by Crippen LogP contribution is -2.45. The molecule has 0 unspecified atom stereocenters. The van der Waals surface area contributed by atoms with E-state index in [-0.39, 0.29) is 5.78 Å². The van der Waals surface area contributed by atoms with Crippen LogP contribution < -0.4 is 5.73 Å². The van der Waals surface area contributed by atoms with E-state index in [4.69, 9.17) is 22.1 Å². The minimum Gasteiger partial charge on any atom is -0.468 e. The van der Waals surface area contributed by atoms with Crippen LogP contribution >= 0.6 is 11.6 Å². The van der Waals surface area contributed by atoms with Gasteiger partial charge in [0, 0.05) is 22.7 Å². The number of rotatable bonds is 4. The largest absolute Gasteiger partial charge is 0.468 e. The number of nitriles is 1. The zero-order chi connectivity index (χ0) is 20.6. The molecule has 4 atom stereocenters. The summed E-state index contributed by atoms with van der Waals surface area (Å²) in [6.45, 7) is 1.39. The number of carbonyl (C=O) groups excluding carboxylic acids is 3. The average Bonchev–Trinajstić information content (AvgIpc) is 2.98. The van der Waals surface area contributed by atoms with Crippen LogP contribution in [0.2, 0.25) is 5.02 Å². The number of nitrogens with two attached hydrogens (primary N) is 1. The van der Waals surface area contributed by atoms with Crippen LogP contribution in [0.15, 0.2) is 48.2 Å². The van der Waals surface area contributed by atoms with Crippen LogP contribution in [0.1, 0.15) is 18.4 Å². The molecule has 28 heavy (non-hydrogen) atoms. The van der Waals surface area contributed by atoms with E-state index < -0.39 is 35.3 Å². The second kappa shape index (κ2) is 7.13. The van der Waals surface area contributed by atoms with Crippen LogP contribution in [0.5, 0.6) is 0 Å². The SMILES string of the molecule is COC(=O)[C@@]1(C#N)[C@@H](c2ccc(Cl)cc2)[C@H](C(N)=O)N2C=C(C(C)=O)C=C[C@@H]21. The van der Waals surface area contributed by atoms with Crippen LogP contribution in [0.3, 0.4) is 0 Å². The predicted octanol–water partition coefficient (Wildman–Crippen LogP) is 1.69. The van der Waals surface area contributed by atoms with E-state index >= 15 is 0 Å². The lowest BCUT2D eigenvalue weighted by molar-refractivity contribution is -0.150. The van der Waals surface area contributed by atoms with E-state index in [1.165, 1.54) is 25.1 Å². The monoisotopic (exact) mass is 399 g/mol. The van der Waals surface area contributed by atoms with E-state index in [9.17, 15) is 19.6 Å². The number of ether oxygens (including phenoxy) is 1. The molecule has 1 aromatic carbocycles. The first-order chi connectivity index (χ1) is 13.3. The second-order valence-corrected chi connectivity index (χ2v) is 7.18. The zero-order valence-corrected chi connectivity index (χ0v) is 16.0. The molecular weight excluding hydrogens is 382 g/mol. The smallest absolute Gasteiger partial charge is 0.329 e. The molecule has 2 aliphatic heterocycles. The molecule has 0 saturated carbocycles. The van der Waals surface area contributed by atoms with Crippen LogP contribution in [0.4, 0.5) is 0 Å². The number of nitrogens with zero attached hydrogens (tertiary/aromatic N) is 2. The molecule has 144 valence electrons. The molecule has 0 bridgehead atoms. The number of allylic oxidation sites excluding steroid dienone is 2. The van der Waals surface area contributed by atoms with E-state index in [0.717, 1.165) is 0 Å². The third-order valence-corrected chi connectivity index (χ3v) is 5.55. The number of methoxy groups -OCH3 is 1. The molecule has 0 aromatic heterocycles. The minimum absolute atomic E-state index is 0.214. The average molecular weight is 400 g/mol. The van der Waals surface area contributed by atoms with Crippen LogP contribution in [-0.2, 0) is 19.1 Å². The molecule has 3 rings (SSSR count). The Kier molecular flexibility index (Phi) is 5.01. The summed E-state index contributed by atoms with van der Waals surface area (Å²) in [5.74, 6) is -2.64. The fourth-order valence-corrected chi connectivity index (χ4v) is 4.18. The predicted molar refractivity (Wildman–Crippen MR) is 101 cm³/mol. The maximum atomic E-state index is 12.9. The van der Waals surface area contributed by atoms with Gasteiger partial charge in [-0.3, -0.25) is 14.4 Å². The van der Waals surface area contributed by atoms with Crippen molar-refractivity contribution in [3.8, 4) is 6.07 Å². The maximum absolute atomic E-state index is 12.9. The molecule has 2 aliphatic rings. The van der Waals surface area contributed by atoms with Gasteiger partial charge in [0.15, 0.2) is 11.2 Å². The van der Waals surface area contributed by atoms with Gasteiger partial charge in [0.05, 0.1) is 19.2 Å². The van der Waals surface area contributed by atoms with E-state index in [1.54, 1.807) is 36.4 Å². The van der Waals surface area contributed by atoms with Crippen molar-refractivity contribution in [3.05, 3.63) is 58.8 Å². The molecule has 1 aromatic rings. The number of hydrogen-bond donors (Lipinski definition) is 1. The Morgan fingerprint density at radius 1 is 1.29 bits per heavy atom. The molecule has 0 radical (unpaired) electrons. The topological polar surface area (TPSA) is 113 Å². The van der Waals surface area contributed by atoms with Gasteiger partial charge in [-0.05, 0) is 24.6 Å². The summed E-state index contributed by atoms with van der Waals surface area (Å²) in [6.07, 6.45) is 4.59. The van der Waals surface area contributed by atoms with E-state index in [2.05, 4.69) is 6.07 Å². The van der Waals surface area contributed by atoms with Gasteiger partial charge in [0.1, 0.15) is 6.04 Å². The Balaban J connectivity index is 2.29. The van der Waals surface area contributed by atoms with Gasteiger partial charge in [0.25, 0.3) is 0 Å². The minimum atomic E-state index is -1.74. The molecular formula is C20H18ClN3O4. The standard InChI is InChI=1S/C20H18ClN3O4/c1-11(25)13-5-8-15-20(10-22,19(27)28-2)16(12-3-6-14(21)7-4-12)17(18(23)26)24(15)9-13/h3-9,15-17H,1-2H3,(H2,23,26)/t15-,16+,17-,20-/m1/s1. The number of benzene rings is 1. The third kappa shape index (κ3) is 2.77. The van der Waals surface area contributed by atoms with Gasteiger partial charge in [-0.2, -0.15) is 5.26 Å². The van der Waals surface area contributed by atoms with Crippen molar-refractivity contribution in [2.75, 3.05) is 7.11 Å². The maximum Gasteiger partial charge on any atom is 0.329 e. The number of Topliss-reactive ketones (excluding diaryl/α,β-unsaturated/α-hetero) is 1. The van der Waals surface area contributed by atoms with E-state index in [1.807, 2.05) is 0 Å². The molecule has 7 nitrogen and oxygen atoms in total. The number of esters is 1. The summed E-state index contributed by atoms with van der Waals surface area (Å²) < 4.78 is 4.97. The summed E-state index contributed by atoms with van der Waals surface area (Å²) in [5, 5.41) is 10.6. The van der Waals surface area contributed by atoms with Crippen molar-refractivity contribution in [2.45, 2.75) is 24.9 Å². The zero-order valence-electron chi connectivity index (χ0n) is 15.3. The Labute approximate surface area is 167 Å². The fraction of sp³-hybridized carbons (Fsp3) is 0.300. The number of fused-ring (bicyclic) bond motifs is 1.